The summed E-state index contributed by atoms with van der Waals surface area (Å²) in [5, 5.41) is 4.83. The van der Waals surface area contributed by atoms with Crippen molar-refractivity contribution in [2.75, 3.05) is 11.9 Å². The zero-order valence-electron chi connectivity index (χ0n) is 13.0. The largest absolute Gasteiger partial charge is 0.484 e. The van der Waals surface area contributed by atoms with Gasteiger partial charge in [-0.15, -0.1) is 22.7 Å². The number of thiophene rings is 1. The molecular formula is C16H11Cl2N3O3S2. The maximum absolute atomic E-state index is 12.0. The summed E-state index contributed by atoms with van der Waals surface area (Å²) in [6.45, 7) is -0.234. The van der Waals surface area contributed by atoms with E-state index >= 15 is 0 Å². The van der Waals surface area contributed by atoms with E-state index in [1.54, 1.807) is 29.6 Å². The number of halogens is 2. The Balaban J connectivity index is 1.60. The fraction of sp³-hybridized carbons (Fsp3) is 0.0625. The molecule has 2 heterocycles. The number of nitrogens with two attached hydrogens (primary N) is 1. The Bertz CT molecular complexity index is 971. The second-order valence-corrected chi connectivity index (χ2v) is 8.15. The third-order valence-corrected chi connectivity index (χ3v) is 5.42. The lowest BCUT2D eigenvalue weighted by Crippen LogP contribution is -2.20. The van der Waals surface area contributed by atoms with Crippen molar-refractivity contribution in [3.63, 3.8) is 0 Å². The molecule has 1 aromatic carbocycles. The van der Waals surface area contributed by atoms with Crippen molar-refractivity contribution < 1.29 is 14.3 Å². The number of primary amides is 1. The molecule has 0 spiro atoms. The monoisotopic (exact) mass is 427 g/mol. The summed E-state index contributed by atoms with van der Waals surface area (Å²) in [5.74, 6) is -0.580. The highest BCUT2D eigenvalue weighted by Gasteiger charge is 2.13. The van der Waals surface area contributed by atoms with Crippen LogP contribution in [0, 0.1) is 0 Å². The van der Waals surface area contributed by atoms with Gasteiger partial charge in [-0.25, -0.2) is 4.98 Å². The van der Waals surface area contributed by atoms with E-state index in [0.29, 0.717) is 30.8 Å². The van der Waals surface area contributed by atoms with Crippen molar-refractivity contribution >= 4 is 62.8 Å². The molecular weight excluding hydrogens is 417 g/mol. The van der Waals surface area contributed by atoms with Crippen LogP contribution in [-0.2, 0) is 4.79 Å². The minimum atomic E-state index is -0.567. The SMILES string of the molecule is NC(=O)c1cccc(OCC(=O)Nc2nc(-c3cc(Cl)sc3Cl)cs2)c1. The van der Waals surface area contributed by atoms with Gasteiger partial charge in [0.1, 0.15) is 10.1 Å². The van der Waals surface area contributed by atoms with E-state index in [4.69, 9.17) is 33.7 Å². The van der Waals surface area contributed by atoms with Gasteiger partial charge in [-0.05, 0) is 24.3 Å². The first-order chi connectivity index (χ1) is 12.4. The summed E-state index contributed by atoms with van der Waals surface area (Å²) < 4.78 is 6.47. The second kappa shape index (κ2) is 8.05. The molecule has 0 aliphatic heterocycles. The molecule has 0 radical (unpaired) electrons. The van der Waals surface area contributed by atoms with Gasteiger partial charge in [-0.3, -0.25) is 14.9 Å². The van der Waals surface area contributed by atoms with Crippen LogP contribution in [0.4, 0.5) is 5.13 Å². The number of amides is 2. The van der Waals surface area contributed by atoms with E-state index in [2.05, 4.69) is 10.3 Å². The maximum atomic E-state index is 12.0. The lowest BCUT2D eigenvalue weighted by Gasteiger charge is -2.06. The summed E-state index contributed by atoms with van der Waals surface area (Å²) >= 11 is 14.6. The third kappa shape index (κ3) is 4.53. The number of aromatic nitrogens is 1. The Morgan fingerprint density at radius 2 is 2.08 bits per heavy atom. The minimum absolute atomic E-state index is 0.234. The van der Waals surface area contributed by atoms with Crippen LogP contribution in [-0.4, -0.2) is 23.4 Å². The Labute approximate surface area is 166 Å². The van der Waals surface area contributed by atoms with Gasteiger partial charge in [0.15, 0.2) is 11.7 Å². The Kier molecular flexibility index (Phi) is 5.77. The van der Waals surface area contributed by atoms with Gasteiger partial charge in [-0.2, -0.15) is 0 Å². The fourth-order valence-electron chi connectivity index (χ4n) is 2.01. The van der Waals surface area contributed by atoms with Crippen LogP contribution in [0.2, 0.25) is 8.67 Å². The van der Waals surface area contributed by atoms with Crippen molar-refractivity contribution in [3.05, 3.63) is 49.9 Å². The Hall–Kier alpha value is -2.13. The number of carbonyl (C=O) groups excluding carboxylic acids is 2. The van der Waals surface area contributed by atoms with E-state index in [9.17, 15) is 9.59 Å². The zero-order chi connectivity index (χ0) is 18.7. The number of carbonyl (C=O) groups is 2. The van der Waals surface area contributed by atoms with Crippen LogP contribution in [0.5, 0.6) is 5.75 Å². The van der Waals surface area contributed by atoms with Crippen LogP contribution in [0.25, 0.3) is 11.3 Å². The highest BCUT2D eigenvalue weighted by atomic mass is 35.5. The number of hydrogen-bond acceptors (Lipinski definition) is 6. The predicted octanol–water partition coefficient (Wildman–Crippen LogP) is 4.29. The van der Waals surface area contributed by atoms with Crippen molar-refractivity contribution in [2.24, 2.45) is 5.73 Å². The van der Waals surface area contributed by atoms with Gasteiger partial charge in [0.25, 0.3) is 5.91 Å². The molecule has 0 unspecified atom stereocenters. The molecule has 0 bridgehead atoms. The molecule has 0 aliphatic rings. The molecule has 2 amide bonds. The number of nitrogens with zero attached hydrogens (tertiary/aromatic N) is 1. The van der Waals surface area contributed by atoms with Gasteiger partial charge in [0.05, 0.1) is 10.0 Å². The number of thiazole rings is 1. The highest BCUT2D eigenvalue weighted by Crippen LogP contribution is 2.38. The highest BCUT2D eigenvalue weighted by molar-refractivity contribution is 7.20. The molecule has 0 saturated heterocycles. The summed E-state index contributed by atoms with van der Waals surface area (Å²) in [5.41, 5.74) is 6.86. The van der Waals surface area contributed by atoms with Gasteiger partial charge in [0, 0.05) is 16.5 Å². The molecule has 26 heavy (non-hydrogen) atoms. The van der Waals surface area contributed by atoms with E-state index in [1.807, 2.05) is 0 Å². The van der Waals surface area contributed by atoms with E-state index < -0.39 is 5.91 Å². The number of rotatable bonds is 6. The van der Waals surface area contributed by atoms with Crippen LogP contribution in [0.15, 0.2) is 35.7 Å². The molecule has 2 aromatic heterocycles. The molecule has 0 saturated carbocycles. The molecule has 3 rings (SSSR count). The van der Waals surface area contributed by atoms with Crippen molar-refractivity contribution in [2.45, 2.75) is 0 Å². The molecule has 3 aromatic rings. The Morgan fingerprint density at radius 3 is 2.77 bits per heavy atom. The average Bonchev–Trinajstić information content (AvgIpc) is 3.19. The third-order valence-electron chi connectivity index (χ3n) is 3.17. The lowest BCUT2D eigenvalue weighted by atomic mass is 10.2. The van der Waals surface area contributed by atoms with Crippen molar-refractivity contribution in [3.8, 4) is 17.0 Å². The first kappa shape index (κ1) is 18.7. The smallest absolute Gasteiger partial charge is 0.264 e. The van der Waals surface area contributed by atoms with Gasteiger partial charge in [0.2, 0.25) is 5.91 Å². The molecule has 134 valence electrons. The number of anilines is 1. The first-order valence-electron chi connectivity index (χ1n) is 7.15. The number of benzene rings is 1. The van der Waals surface area contributed by atoms with Crippen LogP contribution < -0.4 is 15.8 Å². The normalized spacial score (nSPS) is 10.5. The number of hydrogen-bond donors (Lipinski definition) is 2. The number of ether oxygens (including phenoxy) is 1. The summed E-state index contributed by atoms with van der Waals surface area (Å²) in [6.07, 6.45) is 0. The summed E-state index contributed by atoms with van der Waals surface area (Å²) in [6, 6.07) is 8.01. The maximum Gasteiger partial charge on any atom is 0.264 e. The minimum Gasteiger partial charge on any atom is -0.484 e. The molecule has 3 N–H and O–H groups in total. The predicted molar refractivity (Wildman–Crippen MR) is 105 cm³/mol. The zero-order valence-corrected chi connectivity index (χ0v) is 16.1. The van der Waals surface area contributed by atoms with Crippen LogP contribution >= 0.6 is 45.9 Å². The fourth-order valence-corrected chi connectivity index (χ4v) is 4.22. The van der Waals surface area contributed by atoms with E-state index in [-0.39, 0.29) is 12.5 Å². The van der Waals surface area contributed by atoms with Crippen LogP contribution in [0.1, 0.15) is 10.4 Å². The Morgan fingerprint density at radius 1 is 1.27 bits per heavy atom. The van der Waals surface area contributed by atoms with E-state index in [1.165, 1.54) is 28.7 Å². The van der Waals surface area contributed by atoms with E-state index in [0.717, 1.165) is 5.56 Å². The second-order valence-electron chi connectivity index (χ2n) is 5.00. The molecule has 0 atom stereocenters. The first-order valence-corrected chi connectivity index (χ1v) is 9.61. The topological polar surface area (TPSA) is 94.3 Å². The van der Waals surface area contributed by atoms with Gasteiger partial charge < -0.3 is 10.5 Å². The molecule has 6 nitrogen and oxygen atoms in total. The van der Waals surface area contributed by atoms with Gasteiger partial charge >= 0.3 is 0 Å². The van der Waals surface area contributed by atoms with Crippen molar-refractivity contribution in [1.82, 2.24) is 4.98 Å². The molecule has 0 fully saturated rings. The average molecular weight is 428 g/mol. The standard InChI is InChI=1S/C16H11Cl2N3O3S2/c17-12-5-10(14(18)26-12)11-7-25-16(20-11)21-13(22)6-24-9-3-1-2-8(4-9)15(19)23/h1-5,7H,6H2,(H2,19,23)(H,20,21,22). The quantitative estimate of drug-likeness (QED) is 0.612. The van der Waals surface area contributed by atoms with Gasteiger partial charge in [-0.1, -0.05) is 29.3 Å². The molecule has 10 heteroatoms. The summed E-state index contributed by atoms with van der Waals surface area (Å²) in [7, 11) is 0. The lowest BCUT2D eigenvalue weighted by molar-refractivity contribution is -0.118. The van der Waals surface area contributed by atoms with Crippen LogP contribution in [0.3, 0.4) is 0 Å². The summed E-state index contributed by atoms with van der Waals surface area (Å²) in [4.78, 5) is 27.5. The molecule has 0 aliphatic carbocycles. The van der Waals surface area contributed by atoms with Crippen molar-refractivity contribution in [1.29, 1.82) is 0 Å². The number of nitrogens with one attached hydrogen (secondary N) is 1.